The van der Waals surface area contributed by atoms with Crippen molar-refractivity contribution < 1.29 is 0 Å². The zero-order chi connectivity index (χ0) is 20.1. The second-order valence-corrected chi connectivity index (χ2v) is 21.6. The van der Waals surface area contributed by atoms with E-state index in [1.165, 1.54) is 81.4 Å². The van der Waals surface area contributed by atoms with Crippen molar-refractivity contribution in [2.24, 2.45) is 0 Å². The summed E-state index contributed by atoms with van der Waals surface area (Å²) in [5.41, 5.74) is 4.31. The summed E-state index contributed by atoms with van der Waals surface area (Å²) in [5.74, 6) is 7.17. The minimum atomic E-state index is -2.44. The molecule has 1 heteroatoms. The van der Waals surface area contributed by atoms with Crippen molar-refractivity contribution in [3.8, 4) is 11.8 Å². The average Bonchev–Trinajstić information content (AvgIpc) is 2.67. The molecule has 0 N–H and O–H groups in total. The summed E-state index contributed by atoms with van der Waals surface area (Å²) in [6, 6.07) is 5.02. The molecule has 0 aromatic heterocycles. The zero-order valence-electron chi connectivity index (χ0n) is 19.1. The van der Waals surface area contributed by atoms with E-state index in [9.17, 15) is 0 Å². The molecule has 0 aliphatic heterocycles. The second kappa shape index (κ2) is 13.7. The van der Waals surface area contributed by atoms with E-state index in [1.54, 1.807) is 3.58 Å². The van der Waals surface area contributed by atoms with Gasteiger partial charge >= 0.3 is 175 Å². The summed E-state index contributed by atoms with van der Waals surface area (Å²) in [6.45, 7) is 13.9. The molecule has 0 heterocycles. The molecular weight excluding hydrogens is 431 g/mol. The fourth-order valence-corrected chi connectivity index (χ4v) is 20.9. The van der Waals surface area contributed by atoms with Crippen molar-refractivity contribution in [3.63, 3.8) is 0 Å². The Morgan fingerprint density at radius 3 is 1.67 bits per heavy atom. The third kappa shape index (κ3) is 7.84. The predicted molar refractivity (Wildman–Crippen MR) is 127 cm³/mol. The first-order valence-electron chi connectivity index (χ1n) is 11.6. The fraction of sp³-hybridized carbons (Fsp3) is 0.692. The summed E-state index contributed by atoms with van der Waals surface area (Å²) in [5, 5.41) is 0. The Morgan fingerprint density at radius 1 is 0.704 bits per heavy atom. The molecule has 27 heavy (non-hydrogen) atoms. The standard InChI is InChI=1S/C14H17.3C4H9.Sn/c1-4-5-6-7-8-14-10-9-12(2)13(3)11-14;3*1-3-4-2;/h9,11H,4-6H2,1-3H3;3*1,3-4H2,2H3;. The molecule has 0 unspecified atom stereocenters. The number of rotatable bonds is 12. The van der Waals surface area contributed by atoms with Crippen LogP contribution in [0.2, 0.25) is 13.3 Å². The first kappa shape index (κ1) is 24.6. The van der Waals surface area contributed by atoms with Gasteiger partial charge in [0.2, 0.25) is 0 Å². The Balaban J connectivity index is 3.45. The molecule has 0 bridgehead atoms. The fourth-order valence-electron chi connectivity index (χ4n) is 4.11. The maximum atomic E-state index is 3.65. The molecule has 1 aromatic carbocycles. The summed E-state index contributed by atoms with van der Waals surface area (Å²) < 4.78 is 6.35. The van der Waals surface area contributed by atoms with Gasteiger partial charge in [0.1, 0.15) is 0 Å². The first-order valence-corrected chi connectivity index (χ1v) is 19.1. The van der Waals surface area contributed by atoms with E-state index in [2.05, 4.69) is 65.5 Å². The van der Waals surface area contributed by atoms with E-state index < -0.39 is 18.4 Å². The van der Waals surface area contributed by atoms with Gasteiger partial charge in [-0.1, -0.05) is 0 Å². The van der Waals surface area contributed by atoms with Gasteiger partial charge in [-0.25, -0.2) is 0 Å². The van der Waals surface area contributed by atoms with Gasteiger partial charge in [0.15, 0.2) is 0 Å². The summed E-state index contributed by atoms with van der Waals surface area (Å²) >= 11 is -2.44. The van der Waals surface area contributed by atoms with Crippen LogP contribution in [0.15, 0.2) is 12.1 Å². The van der Waals surface area contributed by atoms with Crippen molar-refractivity contribution in [2.75, 3.05) is 0 Å². The quantitative estimate of drug-likeness (QED) is 0.164. The van der Waals surface area contributed by atoms with Crippen LogP contribution in [0, 0.1) is 25.7 Å². The maximum absolute atomic E-state index is 3.65. The molecule has 0 radical (unpaired) electrons. The number of hydrogen-bond donors (Lipinski definition) is 0. The van der Waals surface area contributed by atoms with Gasteiger partial charge in [-0.2, -0.15) is 0 Å². The molecule has 0 nitrogen and oxygen atoms in total. The predicted octanol–water partition coefficient (Wildman–Crippen LogP) is 7.90. The van der Waals surface area contributed by atoms with Gasteiger partial charge < -0.3 is 0 Å². The van der Waals surface area contributed by atoms with E-state index in [1.807, 2.05) is 0 Å². The molecule has 0 atom stereocenters. The van der Waals surface area contributed by atoms with Crippen LogP contribution in [-0.4, -0.2) is 18.4 Å². The molecule has 0 aliphatic carbocycles. The Hall–Kier alpha value is -0.421. The molecule has 1 aromatic rings. The summed E-state index contributed by atoms with van der Waals surface area (Å²) in [7, 11) is 0. The van der Waals surface area contributed by atoms with E-state index in [0.29, 0.717) is 0 Å². The molecule has 0 saturated heterocycles. The Kier molecular flexibility index (Phi) is 12.5. The molecule has 0 fully saturated rings. The zero-order valence-corrected chi connectivity index (χ0v) is 22.0. The average molecular weight is 475 g/mol. The van der Waals surface area contributed by atoms with Gasteiger partial charge in [-0.05, 0) is 0 Å². The van der Waals surface area contributed by atoms with Crippen LogP contribution in [0.1, 0.15) is 102 Å². The summed E-state index contributed by atoms with van der Waals surface area (Å²) in [4.78, 5) is 0. The molecule has 0 amide bonds. The van der Waals surface area contributed by atoms with E-state index in [4.69, 9.17) is 0 Å². The van der Waals surface area contributed by atoms with Crippen molar-refractivity contribution in [1.82, 2.24) is 0 Å². The molecule has 0 saturated carbocycles. The molecule has 1 rings (SSSR count). The third-order valence-electron chi connectivity index (χ3n) is 6.11. The summed E-state index contributed by atoms with van der Waals surface area (Å²) in [6.07, 6.45) is 11.8. The van der Waals surface area contributed by atoms with E-state index >= 15 is 0 Å². The van der Waals surface area contributed by atoms with Crippen molar-refractivity contribution >= 4 is 22.0 Å². The monoisotopic (exact) mass is 476 g/mol. The van der Waals surface area contributed by atoms with Crippen LogP contribution < -0.4 is 3.58 Å². The Labute approximate surface area is 174 Å². The van der Waals surface area contributed by atoms with Gasteiger partial charge in [0, 0.05) is 0 Å². The van der Waals surface area contributed by atoms with Gasteiger partial charge in [0.25, 0.3) is 0 Å². The van der Waals surface area contributed by atoms with Gasteiger partial charge in [-0.3, -0.25) is 0 Å². The van der Waals surface area contributed by atoms with Crippen LogP contribution in [-0.2, 0) is 0 Å². The minimum absolute atomic E-state index is 1.05. The van der Waals surface area contributed by atoms with Crippen molar-refractivity contribution in [2.45, 2.75) is 113 Å². The van der Waals surface area contributed by atoms with Gasteiger partial charge in [0.05, 0.1) is 0 Å². The SMILES string of the molecule is CCCCC#Cc1cc(C)c(C)c[c]1[Sn]([CH2]CCC)([CH2]CCC)[CH2]CCC. The third-order valence-corrected chi connectivity index (χ3v) is 21.8. The topological polar surface area (TPSA) is 0 Å². The molecule has 0 spiro atoms. The van der Waals surface area contributed by atoms with Crippen molar-refractivity contribution in [1.29, 1.82) is 0 Å². The van der Waals surface area contributed by atoms with Gasteiger partial charge in [-0.15, -0.1) is 0 Å². The Bertz CT molecular complexity index is 581. The number of aryl methyl sites for hydroxylation is 2. The van der Waals surface area contributed by atoms with Crippen LogP contribution in [0.5, 0.6) is 0 Å². The van der Waals surface area contributed by atoms with Crippen LogP contribution in [0.3, 0.4) is 0 Å². The van der Waals surface area contributed by atoms with E-state index in [0.717, 1.165) is 6.42 Å². The molecule has 0 aliphatic rings. The number of hydrogen-bond acceptors (Lipinski definition) is 0. The first-order chi connectivity index (χ1) is 13.0. The number of unbranched alkanes of at least 4 members (excludes halogenated alkanes) is 5. The van der Waals surface area contributed by atoms with E-state index in [-0.39, 0.29) is 0 Å². The number of benzene rings is 1. The van der Waals surface area contributed by atoms with Crippen LogP contribution in [0.25, 0.3) is 0 Å². The normalized spacial score (nSPS) is 11.3. The molecule has 152 valence electrons. The van der Waals surface area contributed by atoms with Crippen molar-refractivity contribution in [3.05, 3.63) is 28.8 Å². The van der Waals surface area contributed by atoms with Crippen LogP contribution >= 0.6 is 0 Å². The van der Waals surface area contributed by atoms with Crippen LogP contribution in [0.4, 0.5) is 0 Å². The Morgan fingerprint density at radius 2 is 1.19 bits per heavy atom. The second-order valence-electron chi connectivity index (χ2n) is 8.48. The molecular formula is C26H44Sn.